The van der Waals surface area contributed by atoms with Gasteiger partial charge in [-0.15, -0.1) is 0 Å². The van der Waals surface area contributed by atoms with Gasteiger partial charge in [-0.3, -0.25) is 9.59 Å². The van der Waals surface area contributed by atoms with Crippen LogP contribution in [0, 0.1) is 11.8 Å². The van der Waals surface area contributed by atoms with E-state index in [1.807, 2.05) is 0 Å². The molecule has 1 aliphatic carbocycles. The highest BCUT2D eigenvalue weighted by Gasteiger charge is 2.26. The van der Waals surface area contributed by atoms with Crippen LogP contribution < -0.4 is 0 Å². The van der Waals surface area contributed by atoms with E-state index in [4.69, 9.17) is 10.2 Å². The van der Waals surface area contributed by atoms with Crippen LogP contribution in [0.5, 0.6) is 0 Å². The second kappa shape index (κ2) is 5.02. The summed E-state index contributed by atoms with van der Waals surface area (Å²) in [6.07, 6.45) is 4.48. The lowest BCUT2D eigenvalue weighted by Gasteiger charge is -2.21. The largest absolute Gasteiger partial charge is 0.389 e. The van der Waals surface area contributed by atoms with Crippen molar-refractivity contribution in [3.05, 3.63) is 12.2 Å². The van der Waals surface area contributed by atoms with E-state index >= 15 is 0 Å². The first-order valence-corrected chi connectivity index (χ1v) is 4.62. The zero-order valence-electron chi connectivity index (χ0n) is 7.85. The van der Waals surface area contributed by atoms with Crippen LogP contribution in [0.3, 0.4) is 0 Å². The zero-order valence-corrected chi connectivity index (χ0v) is 7.85. The number of aliphatic hydroxyl groups is 2. The Morgan fingerprint density at radius 1 is 1.21 bits per heavy atom. The van der Waals surface area contributed by atoms with Gasteiger partial charge in [-0.05, 0) is 12.8 Å². The van der Waals surface area contributed by atoms with E-state index in [0.29, 0.717) is 12.8 Å². The van der Waals surface area contributed by atoms with Gasteiger partial charge in [0.2, 0.25) is 0 Å². The van der Waals surface area contributed by atoms with Crippen molar-refractivity contribution in [1.29, 1.82) is 0 Å². The molecule has 14 heavy (non-hydrogen) atoms. The number of rotatable bonds is 4. The highest BCUT2D eigenvalue weighted by molar-refractivity contribution is 5.86. The lowest BCUT2D eigenvalue weighted by atomic mass is 9.82. The molecule has 0 spiro atoms. The average molecular weight is 198 g/mol. The lowest BCUT2D eigenvalue weighted by Crippen LogP contribution is -2.27. The minimum atomic E-state index is -0.491. The van der Waals surface area contributed by atoms with Gasteiger partial charge in [0.1, 0.15) is 13.2 Å². The van der Waals surface area contributed by atoms with Crippen LogP contribution in [0.25, 0.3) is 0 Å². The molecule has 1 rings (SSSR count). The molecule has 0 fully saturated rings. The van der Waals surface area contributed by atoms with Gasteiger partial charge in [-0.25, -0.2) is 0 Å². The fourth-order valence-electron chi connectivity index (χ4n) is 1.64. The Labute approximate surface area is 82.2 Å². The van der Waals surface area contributed by atoms with Gasteiger partial charge >= 0.3 is 0 Å². The average Bonchev–Trinajstić information content (AvgIpc) is 2.27. The predicted molar refractivity (Wildman–Crippen MR) is 49.5 cm³/mol. The highest BCUT2D eigenvalue weighted by atomic mass is 16.3. The number of carbonyl (C=O) groups is 2. The molecule has 0 aromatic rings. The summed E-state index contributed by atoms with van der Waals surface area (Å²) in [6, 6.07) is 0. The molecular formula is C10H14O4. The van der Waals surface area contributed by atoms with Crippen molar-refractivity contribution in [1.82, 2.24) is 0 Å². The van der Waals surface area contributed by atoms with E-state index in [0.717, 1.165) is 0 Å². The lowest BCUT2D eigenvalue weighted by molar-refractivity contribution is -0.128. The molecular weight excluding hydrogens is 184 g/mol. The molecule has 0 aromatic carbocycles. The number of aliphatic hydroxyl groups excluding tert-OH is 2. The Balaban J connectivity index is 2.60. The van der Waals surface area contributed by atoms with Crippen LogP contribution in [0.15, 0.2) is 12.2 Å². The van der Waals surface area contributed by atoms with Gasteiger partial charge in [-0.1, -0.05) is 12.2 Å². The summed E-state index contributed by atoms with van der Waals surface area (Å²) in [5.41, 5.74) is 0. The van der Waals surface area contributed by atoms with Crippen LogP contribution in [-0.2, 0) is 9.59 Å². The Bertz CT molecular complexity index is 257. The van der Waals surface area contributed by atoms with Crippen molar-refractivity contribution in [2.75, 3.05) is 13.2 Å². The predicted octanol–water partition coefficient (Wildman–Crippen LogP) is -0.308. The van der Waals surface area contributed by atoms with Crippen LogP contribution in [0.4, 0.5) is 0 Å². The van der Waals surface area contributed by atoms with Crippen LogP contribution in [0.2, 0.25) is 0 Å². The molecule has 1 aliphatic rings. The number of hydrogen-bond donors (Lipinski definition) is 2. The highest BCUT2D eigenvalue weighted by Crippen LogP contribution is 2.24. The summed E-state index contributed by atoms with van der Waals surface area (Å²) >= 11 is 0. The van der Waals surface area contributed by atoms with Gasteiger partial charge in [0, 0.05) is 11.8 Å². The van der Waals surface area contributed by atoms with Crippen LogP contribution in [0.1, 0.15) is 12.8 Å². The molecule has 0 saturated heterocycles. The van der Waals surface area contributed by atoms with Gasteiger partial charge in [0.25, 0.3) is 0 Å². The van der Waals surface area contributed by atoms with E-state index < -0.39 is 13.2 Å². The van der Waals surface area contributed by atoms with Crippen molar-refractivity contribution in [2.45, 2.75) is 12.8 Å². The summed E-state index contributed by atoms with van der Waals surface area (Å²) in [5.74, 6) is -1.14. The van der Waals surface area contributed by atoms with Crippen molar-refractivity contribution >= 4 is 11.6 Å². The molecule has 4 nitrogen and oxygen atoms in total. The summed E-state index contributed by atoms with van der Waals surface area (Å²) in [6.45, 7) is -0.965. The maximum absolute atomic E-state index is 11.2. The number of hydrogen-bond acceptors (Lipinski definition) is 4. The molecule has 0 bridgehead atoms. The molecule has 4 heteroatoms. The van der Waals surface area contributed by atoms with E-state index in [9.17, 15) is 9.59 Å². The third-order valence-corrected chi connectivity index (χ3v) is 2.51. The molecule has 0 saturated carbocycles. The molecule has 0 aromatic heterocycles. The number of carbonyl (C=O) groups excluding carboxylic acids is 2. The zero-order chi connectivity index (χ0) is 10.6. The van der Waals surface area contributed by atoms with Gasteiger partial charge in [0.15, 0.2) is 11.6 Å². The number of ketones is 2. The van der Waals surface area contributed by atoms with Crippen molar-refractivity contribution in [3.63, 3.8) is 0 Å². The summed E-state index contributed by atoms with van der Waals surface area (Å²) in [4.78, 5) is 22.3. The molecule has 78 valence electrons. The van der Waals surface area contributed by atoms with Crippen LogP contribution in [-0.4, -0.2) is 35.0 Å². The Morgan fingerprint density at radius 3 is 2.43 bits per heavy atom. The second-order valence-electron chi connectivity index (χ2n) is 3.45. The quantitative estimate of drug-likeness (QED) is 0.608. The first-order valence-electron chi connectivity index (χ1n) is 4.62. The fraction of sp³-hybridized carbons (Fsp3) is 0.600. The molecule has 0 heterocycles. The first kappa shape index (κ1) is 11.1. The smallest absolute Gasteiger partial charge is 0.165 e. The number of Topliss-reactive ketones (excluding diaryl/α,β-unsaturated/α-hetero) is 2. The minimum absolute atomic E-state index is 0.231. The molecule has 0 aliphatic heterocycles. The van der Waals surface area contributed by atoms with Gasteiger partial charge in [0.05, 0.1) is 0 Å². The fourth-order valence-corrected chi connectivity index (χ4v) is 1.64. The van der Waals surface area contributed by atoms with Crippen molar-refractivity contribution in [2.24, 2.45) is 11.8 Å². The number of allylic oxidation sites excluding steroid dienone is 2. The maximum atomic E-state index is 11.2. The minimum Gasteiger partial charge on any atom is -0.389 e. The van der Waals surface area contributed by atoms with E-state index in [1.54, 1.807) is 12.2 Å². The Kier molecular flexibility index (Phi) is 3.98. The van der Waals surface area contributed by atoms with Gasteiger partial charge < -0.3 is 10.2 Å². The summed E-state index contributed by atoms with van der Waals surface area (Å²) in [7, 11) is 0. The van der Waals surface area contributed by atoms with Crippen molar-refractivity contribution in [3.8, 4) is 0 Å². The summed E-state index contributed by atoms with van der Waals surface area (Å²) in [5, 5.41) is 17.3. The molecule has 0 amide bonds. The second-order valence-corrected chi connectivity index (χ2v) is 3.45. The normalized spacial score (nSPS) is 26.1. The molecule has 2 unspecified atom stereocenters. The van der Waals surface area contributed by atoms with Crippen LogP contribution >= 0.6 is 0 Å². The van der Waals surface area contributed by atoms with Gasteiger partial charge in [-0.2, -0.15) is 0 Å². The van der Waals surface area contributed by atoms with Crippen molar-refractivity contribution < 1.29 is 19.8 Å². The standard InChI is InChI=1S/C10H14O4/c11-5-9(13)7-2-1-3-8(4-7)10(14)6-12/h1-2,7-8,11-12H,3-6H2. The third kappa shape index (κ3) is 2.49. The topological polar surface area (TPSA) is 74.6 Å². The van der Waals surface area contributed by atoms with E-state index in [2.05, 4.69) is 0 Å². The first-order chi connectivity index (χ1) is 6.69. The summed E-state index contributed by atoms with van der Waals surface area (Å²) < 4.78 is 0. The Hall–Kier alpha value is -1.00. The van der Waals surface area contributed by atoms with E-state index in [1.165, 1.54) is 0 Å². The monoisotopic (exact) mass is 198 g/mol. The SMILES string of the molecule is O=C(CO)C1C=CCC(C(=O)CO)C1. The molecule has 2 N–H and O–H groups in total. The molecule has 0 radical (unpaired) electrons. The Morgan fingerprint density at radius 2 is 1.86 bits per heavy atom. The van der Waals surface area contributed by atoms with E-state index in [-0.39, 0.29) is 23.4 Å². The molecule has 2 atom stereocenters. The third-order valence-electron chi connectivity index (χ3n) is 2.51. The maximum Gasteiger partial charge on any atom is 0.165 e.